The maximum Gasteiger partial charge on any atom is 0.0893 e. The standard InChI is InChI=1S/C37H26N2/c1-37(2)32-20-23(34-15-9-16-36(39-34)35-14-7-8-19-38-35)17-18-28(32)31-21-29-26-12-5-3-10-24(26)25-11-4-6-13-27(25)30(29)22-33(31)37/h3-22H,1-2H3. The van der Waals surface area contributed by atoms with Crippen LogP contribution in [-0.2, 0) is 5.41 Å². The summed E-state index contributed by atoms with van der Waals surface area (Å²) in [6.07, 6.45) is 1.81. The Morgan fingerprint density at radius 3 is 1.74 bits per heavy atom. The lowest BCUT2D eigenvalue weighted by Crippen LogP contribution is -2.15. The molecule has 0 bridgehead atoms. The zero-order valence-electron chi connectivity index (χ0n) is 21.9. The molecule has 0 amide bonds. The number of benzene rings is 5. The summed E-state index contributed by atoms with van der Waals surface area (Å²) < 4.78 is 0. The molecule has 2 heteroatoms. The van der Waals surface area contributed by atoms with Gasteiger partial charge >= 0.3 is 0 Å². The Balaban J connectivity index is 1.34. The van der Waals surface area contributed by atoms with E-state index in [0.717, 1.165) is 22.6 Å². The minimum atomic E-state index is -0.125. The van der Waals surface area contributed by atoms with Crippen molar-refractivity contribution in [2.24, 2.45) is 0 Å². The Bertz CT molecular complexity index is 2090. The van der Waals surface area contributed by atoms with E-state index in [-0.39, 0.29) is 5.41 Å². The molecule has 184 valence electrons. The van der Waals surface area contributed by atoms with Crippen molar-refractivity contribution in [2.75, 3.05) is 0 Å². The average Bonchev–Trinajstić information content (AvgIpc) is 3.22. The average molecular weight is 499 g/mol. The van der Waals surface area contributed by atoms with Crippen molar-refractivity contribution >= 4 is 32.3 Å². The summed E-state index contributed by atoms with van der Waals surface area (Å²) in [5, 5.41) is 7.90. The second-order valence-electron chi connectivity index (χ2n) is 11.0. The van der Waals surface area contributed by atoms with Crippen molar-refractivity contribution in [2.45, 2.75) is 19.3 Å². The van der Waals surface area contributed by atoms with Crippen LogP contribution in [0.5, 0.6) is 0 Å². The number of hydrogen-bond donors (Lipinski definition) is 0. The summed E-state index contributed by atoms with van der Waals surface area (Å²) in [4.78, 5) is 9.49. The highest BCUT2D eigenvalue weighted by Gasteiger charge is 2.36. The van der Waals surface area contributed by atoms with Gasteiger partial charge in [-0.1, -0.05) is 86.6 Å². The number of aromatic nitrogens is 2. The summed E-state index contributed by atoms with van der Waals surface area (Å²) in [5.74, 6) is 0. The van der Waals surface area contributed by atoms with E-state index in [0.29, 0.717) is 0 Å². The number of rotatable bonds is 2. The van der Waals surface area contributed by atoms with E-state index in [1.807, 2.05) is 30.5 Å². The third kappa shape index (κ3) is 3.21. The van der Waals surface area contributed by atoms with Gasteiger partial charge in [-0.2, -0.15) is 0 Å². The molecule has 1 aliphatic carbocycles. The van der Waals surface area contributed by atoms with Gasteiger partial charge in [-0.15, -0.1) is 0 Å². The Kier molecular flexibility index (Phi) is 4.60. The van der Waals surface area contributed by atoms with E-state index >= 15 is 0 Å². The molecule has 0 saturated carbocycles. The second kappa shape index (κ2) is 8.09. The van der Waals surface area contributed by atoms with Crippen LogP contribution in [0.15, 0.2) is 121 Å². The van der Waals surface area contributed by atoms with E-state index in [2.05, 4.69) is 110 Å². The molecule has 0 atom stereocenters. The van der Waals surface area contributed by atoms with E-state index in [4.69, 9.17) is 4.98 Å². The topological polar surface area (TPSA) is 25.8 Å². The highest BCUT2D eigenvalue weighted by atomic mass is 14.8. The number of fused-ring (bicyclic) bond motifs is 9. The van der Waals surface area contributed by atoms with Crippen LogP contribution in [0.25, 0.3) is 66.1 Å². The first-order valence-electron chi connectivity index (χ1n) is 13.5. The molecular weight excluding hydrogens is 472 g/mol. The molecule has 0 fully saturated rings. The largest absolute Gasteiger partial charge is 0.255 e. The Morgan fingerprint density at radius 1 is 0.462 bits per heavy atom. The van der Waals surface area contributed by atoms with Crippen LogP contribution < -0.4 is 0 Å². The predicted molar refractivity (Wildman–Crippen MR) is 163 cm³/mol. The van der Waals surface area contributed by atoms with Crippen molar-refractivity contribution < 1.29 is 0 Å². The summed E-state index contributed by atoms with van der Waals surface area (Å²) >= 11 is 0. The lowest BCUT2D eigenvalue weighted by atomic mass is 9.80. The monoisotopic (exact) mass is 498 g/mol. The van der Waals surface area contributed by atoms with Crippen LogP contribution in [0.4, 0.5) is 0 Å². The van der Waals surface area contributed by atoms with Gasteiger partial charge in [0, 0.05) is 17.2 Å². The van der Waals surface area contributed by atoms with Crippen LogP contribution in [-0.4, -0.2) is 9.97 Å². The molecule has 2 aromatic heterocycles. The van der Waals surface area contributed by atoms with Crippen molar-refractivity contribution in [3.8, 4) is 33.8 Å². The zero-order valence-corrected chi connectivity index (χ0v) is 21.9. The third-order valence-corrected chi connectivity index (χ3v) is 8.51. The fourth-order valence-corrected chi connectivity index (χ4v) is 6.54. The molecular formula is C37H26N2. The van der Waals surface area contributed by atoms with E-state index in [1.54, 1.807) is 0 Å². The van der Waals surface area contributed by atoms with Gasteiger partial charge in [-0.25, -0.2) is 4.98 Å². The van der Waals surface area contributed by atoms with Crippen LogP contribution in [0, 0.1) is 0 Å². The molecule has 5 aromatic carbocycles. The molecule has 0 unspecified atom stereocenters. The summed E-state index contributed by atoms with van der Waals surface area (Å²) in [7, 11) is 0. The third-order valence-electron chi connectivity index (χ3n) is 8.51. The fourth-order valence-electron chi connectivity index (χ4n) is 6.54. The van der Waals surface area contributed by atoms with E-state index in [9.17, 15) is 0 Å². The molecule has 2 heterocycles. The Labute approximate surface area is 227 Å². The predicted octanol–water partition coefficient (Wildman–Crippen LogP) is 9.58. The van der Waals surface area contributed by atoms with Crippen molar-refractivity contribution in [1.29, 1.82) is 0 Å². The fraction of sp³-hybridized carbons (Fsp3) is 0.0811. The molecule has 0 aliphatic heterocycles. The number of hydrogen-bond acceptors (Lipinski definition) is 2. The quantitative estimate of drug-likeness (QED) is 0.222. The van der Waals surface area contributed by atoms with Crippen LogP contribution in [0.3, 0.4) is 0 Å². The molecule has 1 aliphatic rings. The van der Waals surface area contributed by atoms with Gasteiger partial charge in [0.15, 0.2) is 0 Å². The molecule has 2 nitrogen and oxygen atoms in total. The molecule has 39 heavy (non-hydrogen) atoms. The van der Waals surface area contributed by atoms with Crippen LogP contribution in [0.2, 0.25) is 0 Å². The van der Waals surface area contributed by atoms with Crippen molar-refractivity contribution in [3.63, 3.8) is 0 Å². The van der Waals surface area contributed by atoms with Gasteiger partial charge in [0.2, 0.25) is 0 Å². The van der Waals surface area contributed by atoms with Gasteiger partial charge in [0.25, 0.3) is 0 Å². The van der Waals surface area contributed by atoms with E-state index in [1.165, 1.54) is 54.6 Å². The molecule has 0 N–H and O–H groups in total. The Hall–Kier alpha value is -4.82. The molecule has 7 aromatic rings. The second-order valence-corrected chi connectivity index (χ2v) is 11.0. The summed E-state index contributed by atoms with van der Waals surface area (Å²) in [6, 6.07) is 41.5. The molecule has 0 radical (unpaired) electrons. The number of nitrogens with zero attached hydrogens (tertiary/aromatic N) is 2. The maximum atomic E-state index is 4.99. The van der Waals surface area contributed by atoms with Crippen molar-refractivity contribution in [3.05, 3.63) is 133 Å². The zero-order chi connectivity index (χ0) is 26.1. The maximum absolute atomic E-state index is 4.99. The summed E-state index contributed by atoms with van der Waals surface area (Å²) in [6.45, 7) is 4.71. The first-order valence-corrected chi connectivity index (χ1v) is 13.5. The first-order chi connectivity index (χ1) is 19.1. The van der Waals surface area contributed by atoms with Crippen LogP contribution >= 0.6 is 0 Å². The minimum absolute atomic E-state index is 0.125. The SMILES string of the molecule is CC1(C)c2cc(-c3cccc(-c4ccccn4)n3)ccc2-c2cc3c4ccccc4c4ccccc4c3cc21. The van der Waals surface area contributed by atoms with Gasteiger partial charge in [-0.3, -0.25) is 4.98 Å². The molecule has 0 saturated heterocycles. The minimum Gasteiger partial charge on any atom is -0.255 e. The lowest BCUT2D eigenvalue weighted by molar-refractivity contribution is 0.661. The molecule has 8 rings (SSSR count). The highest BCUT2D eigenvalue weighted by Crippen LogP contribution is 2.52. The normalized spacial score (nSPS) is 13.6. The lowest BCUT2D eigenvalue weighted by Gasteiger charge is -2.23. The first kappa shape index (κ1) is 22.2. The van der Waals surface area contributed by atoms with Gasteiger partial charge in [-0.05, 0) is 97.0 Å². The van der Waals surface area contributed by atoms with Gasteiger partial charge in [0.05, 0.1) is 17.1 Å². The van der Waals surface area contributed by atoms with E-state index < -0.39 is 0 Å². The Morgan fingerprint density at radius 2 is 1.05 bits per heavy atom. The highest BCUT2D eigenvalue weighted by molar-refractivity contribution is 6.26. The summed E-state index contributed by atoms with van der Waals surface area (Å²) in [5.41, 5.74) is 9.15. The van der Waals surface area contributed by atoms with Gasteiger partial charge < -0.3 is 0 Å². The van der Waals surface area contributed by atoms with Gasteiger partial charge in [0.1, 0.15) is 0 Å². The number of pyridine rings is 2. The molecule has 0 spiro atoms. The van der Waals surface area contributed by atoms with Crippen molar-refractivity contribution in [1.82, 2.24) is 9.97 Å². The smallest absolute Gasteiger partial charge is 0.0893 e. The van der Waals surface area contributed by atoms with Crippen LogP contribution in [0.1, 0.15) is 25.0 Å².